The third kappa shape index (κ3) is 3.46. The number of nitrogens with zero attached hydrogens (tertiary/aromatic N) is 2. The third-order valence-electron chi connectivity index (χ3n) is 4.96. The number of hydrogen-bond acceptors (Lipinski definition) is 3. The van der Waals surface area contributed by atoms with E-state index in [0.717, 1.165) is 19.0 Å². The lowest BCUT2D eigenvalue weighted by molar-refractivity contribution is 0.0153. The topological polar surface area (TPSA) is 32.5 Å². The van der Waals surface area contributed by atoms with Crippen molar-refractivity contribution >= 4 is 0 Å². The normalized spacial score (nSPS) is 33.5. The number of rotatable bonds is 3. The van der Waals surface area contributed by atoms with E-state index in [-0.39, 0.29) is 0 Å². The quantitative estimate of drug-likeness (QED) is 0.782. The first-order valence-electron chi connectivity index (χ1n) is 7.88. The Morgan fingerprint density at radius 1 is 1.06 bits per heavy atom. The second kappa shape index (κ2) is 6.88. The van der Waals surface area contributed by atoms with E-state index < -0.39 is 0 Å². The lowest BCUT2D eigenvalue weighted by Crippen LogP contribution is -2.59. The second-order valence-electron chi connectivity index (χ2n) is 6.36. The molecule has 2 aliphatic rings. The molecule has 2 rings (SSSR count). The van der Waals surface area contributed by atoms with Crippen molar-refractivity contribution in [2.45, 2.75) is 70.0 Å². The van der Waals surface area contributed by atoms with Crippen LogP contribution in [-0.2, 0) is 0 Å². The molecule has 1 saturated heterocycles. The van der Waals surface area contributed by atoms with Crippen molar-refractivity contribution in [1.82, 2.24) is 9.80 Å². The molecule has 3 nitrogen and oxygen atoms in total. The Morgan fingerprint density at radius 2 is 1.72 bits per heavy atom. The van der Waals surface area contributed by atoms with Crippen molar-refractivity contribution in [2.24, 2.45) is 5.73 Å². The van der Waals surface area contributed by atoms with Crippen LogP contribution in [0.1, 0.15) is 51.9 Å². The first-order chi connectivity index (χ1) is 8.72. The molecular formula is C15H31N3. The zero-order chi connectivity index (χ0) is 13.0. The van der Waals surface area contributed by atoms with Crippen LogP contribution in [-0.4, -0.2) is 54.6 Å². The molecule has 0 aromatic heterocycles. The highest BCUT2D eigenvalue weighted by atomic mass is 15.3. The van der Waals surface area contributed by atoms with Crippen LogP contribution in [0.4, 0.5) is 0 Å². The van der Waals surface area contributed by atoms with E-state index in [4.69, 9.17) is 5.73 Å². The van der Waals surface area contributed by atoms with Crippen LogP contribution < -0.4 is 5.73 Å². The first kappa shape index (κ1) is 14.3. The molecule has 0 amide bonds. The van der Waals surface area contributed by atoms with Crippen LogP contribution in [0.5, 0.6) is 0 Å². The van der Waals surface area contributed by atoms with Gasteiger partial charge in [0.1, 0.15) is 0 Å². The minimum Gasteiger partial charge on any atom is -0.330 e. The van der Waals surface area contributed by atoms with E-state index >= 15 is 0 Å². The number of likely N-dealkylation sites (N-methyl/N-ethyl adjacent to an activating group) is 1. The predicted molar refractivity (Wildman–Crippen MR) is 77.7 cm³/mol. The van der Waals surface area contributed by atoms with Crippen molar-refractivity contribution in [3.8, 4) is 0 Å². The van der Waals surface area contributed by atoms with E-state index in [1.165, 1.54) is 51.6 Å². The Kier molecular flexibility index (Phi) is 5.46. The van der Waals surface area contributed by atoms with Crippen LogP contribution in [0.15, 0.2) is 0 Å². The largest absolute Gasteiger partial charge is 0.330 e. The highest BCUT2D eigenvalue weighted by Gasteiger charge is 2.33. The maximum absolute atomic E-state index is 5.76. The van der Waals surface area contributed by atoms with E-state index in [9.17, 15) is 0 Å². The Balaban J connectivity index is 1.96. The number of piperazine rings is 1. The summed E-state index contributed by atoms with van der Waals surface area (Å²) in [5.74, 6) is 0. The van der Waals surface area contributed by atoms with Gasteiger partial charge >= 0.3 is 0 Å². The summed E-state index contributed by atoms with van der Waals surface area (Å²) in [6.07, 6.45) is 9.76. The molecule has 2 unspecified atom stereocenters. The zero-order valence-corrected chi connectivity index (χ0v) is 12.3. The van der Waals surface area contributed by atoms with Crippen LogP contribution in [0.2, 0.25) is 0 Å². The summed E-state index contributed by atoms with van der Waals surface area (Å²) in [5, 5.41) is 0. The fourth-order valence-corrected chi connectivity index (χ4v) is 3.84. The van der Waals surface area contributed by atoms with Crippen molar-refractivity contribution in [3.05, 3.63) is 0 Å². The van der Waals surface area contributed by atoms with Gasteiger partial charge in [0.2, 0.25) is 0 Å². The van der Waals surface area contributed by atoms with Crippen molar-refractivity contribution in [3.63, 3.8) is 0 Å². The van der Waals surface area contributed by atoms with Crippen molar-refractivity contribution < 1.29 is 0 Å². The Bertz CT molecular complexity index is 236. The number of hydrogen-bond donors (Lipinski definition) is 1. The summed E-state index contributed by atoms with van der Waals surface area (Å²) < 4.78 is 0. The molecule has 106 valence electrons. The maximum atomic E-state index is 5.76. The predicted octanol–water partition coefficient (Wildman–Crippen LogP) is 2.06. The van der Waals surface area contributed by atoms with E-state index in [1.54, 1.807) is 0 Å². The molecular weight excluding hydrogens is 222 g/mol. The average Bonchev–Trinajstić information content (AvgIpc) is 2.61. The van der Waals surface area contributed by atoms with Gasteiger partial charge in [0.25, 0.3) is 0 Å². The highest BCUT2D eigenvalue weighted by Crippen LogP contribution is 2.27. The van der Waals surface area contributed by atoms with Gasteiger partial charge in [-0.05, 0) is 39.8 Å². The van der Waals surface area contributed by atoms with Gasteiger partial charge in [-0.1, -0.05) is 25.7 Å². The molecule has 2 atom stereocenters. The summed E-state index contributed by atoms with van der Waals surface area (Å²) >= 11 is 0. The molecule has 1 aliphatic heterocycles. The van der Waals surface area contributed by atoms with E-state index in [0.29, 0.717) is 12.1 Å². The van der Waals surface area contributed by atoms with Gasteiger partial charge < -0.3 is 10.6 Å². The molecule has 2 fully saturated rings. The standard InChI is InChI=1S/C15H31N3/c1-13-11-17(2)15(9-10-16)12-18(13)14-7-5-3-4-6-8-14/h13-15H,3-12,16H2,1-2H3. The first-order valence-corrected chi connectivity index (χ1v) is 7.88. The smallest absolute Gasteiger partial charge is 0.0233 e. The molecule has 1 aliphatic carbocycles. The van der Waals surface area contributed by atoms with Crippen LogP contribution in [0.25, 0.3) is 0 Å². The average molecular weight is 253 g/mol. The minimum absolute atomic E-state index is 0.675. The fourth-order valence-electron chi connectivity index (χ4n) is 3.84. The number of nitrogens with two attached hydrogens (primary N) is 1. The maximum Gasteiger partial charge on any atom is 0.0233 e. The lowest BCUT2D eigenvalue weighted by atomic mass is 9.99. The van der Waals surface area contributed by atoms with Crippen LogP contribution >= 0.6 is 0 Å². The van der Waals surface area contributed by atoms with Gasteiger partial charge in [0.05, 0.1) is 0 Å². The molecule has 1 heterocycles. The molecule has 0 spiro atoms. The Hall–Kier alpha value is -0.120. The molecule has 2 N–H and O–H groups in total. The fraction of sp³-hybridized carbons (Fsp3) is 1.00. The van der Waals surface area contributed by atoms with Crippen LogP contribution in [0, 0.1) is 0 Å². The Morgan fingerprint density at radius 3 is 2.33 bits per heavy atom. The summed E-state index contributed by atoms with van der Waals surface area (Å²) in [5.41, 5.74) is 5.76. The monoisotopic (exact) mass is 253 g/mol. The highest BCUT2D eigenvalue weighted by molar-refractivity contribution is 4.89. The molecule has 18 heavy (non-hydrogen) atoms. The van der Waals surface area contributed by atoms with Gasteiger partial charge in [0, 0.05) is 31.2 Å². The van der Waals surface area contributed by atoms with Gasteiger partial charge in [-0.2, -0.15) is 0 Å². The van der Waals surface area contributed by atoms with E-state index in [1.807, 2.05) is 0 Å². The summed E-state index contributed by atoms with van der Waals surface area (Å²) in [4.78, 5) is 5.32. The third-order valence-corrected chi connectivity index (χ3v) is 4.96. The van der Waals surface area contributed by atoms with Crippen molar-refractivity contribution in [1.29, 1.82) is 0 Å². The van der Waals surface area contributed by atoms with Crippen LogP contribution in [0.3, 0.4) is 0 Å². The Labute approximate surface area is 113 Å². The molecule has 3 heteroatoms. The molecule has 0 aromatic carbocycles. The summed E-state index contributed by atoms with van der Waals surface area (Å²) in [6, 6.07) is 2.23. The summed E-state index contributed by atoms with van der Waals surface area (Å²) in [7, 11) is 2.27. The van der Waals surface area contributed by atoms with Gasteiger partial charge in [-0.3, -0.25) is 4.90 Å². The summed E-state index contributed by atoms with van der Waals surface area (Å²) in [6.45, 7) is 5.67. The van der Waals surface area contributed by atoms with Crippen molar-refractivity contribution in [2.75, 3.05) is 26.7 Å². The minimum atomic E-state index is 0.675. The molecule has 0 bridgehead atoms. The molecule has 0 radical (unpaired) electrons. The van der Waals surface area contributed by atoms with Gasteiger partial charge in [-0.15, -0.1) is 0 Å². The van der Waals surface area contributed by atoms with E-state index in [2.05, 4.69) is 23.8 Å². The van der Waals surface area contributed by atoms with Gasteiger partial charge in [-0.25, -0.2) is 0 Å². The SMILES string of the molecule is CC1CN(C)C(CCN)CN1C1CCCCCC1. The van der Waals surface area contributed by atoms with Gasteiger partial charge in [0.15, 0.2) is 0 Å². The lowest BCUT2D eigenvalue weighted by Gasteiger charge is -2.47. The second-order valence-corrected chi connectivity index (χ2v) is 6.36. The molecule has 0 aromatic rings. The zero-order valence-electron chi connectivity index (χ0n) is 12.3. The molecule has 1 saturated carbocycles.